The van der Waals surface area contributed by atoms with Gasteiger partial charge in [0.15, 0.2) is 0 Å². The van der Waals surface area contributed by atoms with E-state index < -0.39 is 5.54 Å². The average molecular weight is 777 g/mol. The summed E-state index contributed by atoms with van der Waals surface area (Å²) in [6.07, 6.45) is 40.8. The third-order valence-electron chi connectivity index (χ3n) is 10.8. The molecule has 2 aromatic rings. The highest BCUT2D eigenvalue weighted by Crippen LogP contribution is 2.25. The third-order valence-corrected chi connectivity index (χ3v) is 10.8. The van der Waals surface area contributed by atoms with Gasteiger partial charge >= 0.3 is 0 Å². The minimum Gasteiger partial charge on any atom is -0.507 e. The Morgan fingerprint density at radius 2 is 0.786 bits per heavy atom. The number of unbranched alkanes of at least 4 members (excludes halogenated alkanes) is 26. The van der Waals surface area contributed by atoms with Gasteiger partial charge in [0.05, 0.1) is 25.3 Å². The number of nitrogens with zero attached hydrogens (tertiary/aromatic N) is 2. The van der Waals surface area contributed by atoms with E-state index in [1.165, 1.54) is 167 Å². The molecule has 0 atom stereocenters. The van der Waals surface area contributed by atoms with Crippen LogP contribution in [-0.2, 0) is 0 Å². The Balaban J connectivity index is 1.55. The van der Waals surface area contributed by atoms with E-state index in [1.54, 1.807) is 24.6 Å². The van der Waals surface area contributed by atoms with E-state index in [4.69, 9.17) is 14.5 Å². The van der Waals surface area contributed by atoms with Gasteiger partial charge in [0.1, 0.15) is 23.0 Å². The van der Waals surface area contributed by atoms with Gasteiger partial charge in [-0.25, -0.2) is 0 Å². The number of phenolic OH excluding ortho intramolecular Hbond substituents is 2. The standard InChI is InChI=1S/C50H84N2O4/c1-5-7-9-11-13-15-17-19-21-23-25-27-29-31-37-55-46-35-33-44(48(53)39-46)41-51-43-50(3,4)52-42-45-34-36-47(40-49(45)54)56-38-32-30-28-26-24-22-20-18-16-14-12-10-8-6-2/h33-36,39-42,53-54H,5-32,37-38,43H2,1-4H3. The molecule has 2 aromatic carbocycles. The first-order chi connectivity index (χ1) is 27.3. The molecule has 6 nitrogen and oxygen atoms in total. The van der Waals surface area contributed by atoms with Crippen molar-refractivity contribution in [1.82, 2.24) is 0 Å². The summed E-state index contributed by atoms with van der Waals surface area (Å²) in [5.41, 5.74) is 0.808. The van der Waals surface area contributed by atoms with E-state index >= 15 is 0 Å². The van der Waals surface area contributed by atoms with Crippen molar-refractivity contribution in [1.29, 1.82) is 0 Å². The van der Waals surface area contributed by atoms with Crippen LogP contribution in [-0.4, -0.2) is 47.9 Å². The molecule has 0 unspecified atom stereocenters. The van der Waals surface area contributed by atoms with Crippen molar-refractivity contribution in [3.05, 3.63) is 47.5 Å². The topological polar surface area (TPSA) is 83.6 Å². The number of hydrogen-bond donors (Lipinski definition) is 2. The quantitative estimate of drug-likeness (QED) is 0.0529. The molecular weight excluding hydrogens is 693 g/mol. The maximum absolute atomic E-state index is 10.6. The lowest BCUT2D eigenvalue weighted by Crippen LogP contribution is -2.21. The Labute approximate surface area is 344 Å². The number of phenols is 2. The van der Waals surface area contributed by atoms with Gasteiger partial charge in [-0.15, -0.1) is 0 Å². The molecule has 2 N–H and O–H groups in total. The first-order valence-corrected chi connectivity index (χ1v) is 23.3. The first kappa shape index (κ1) is 49.1. The largest absolute Gasteiger partial charge is 0.507 e. The van der Waals surface area contributed by atoms with Crippen LogP contribution in [0.3, 0.4) is 0 Å². The lowest BCUT2D eigenvalue weighted by atomic mass is 10.0. The Bertz CT molecular complexity index is 1290. The number of ether oxygens (including phenoxy) is 2. The fraction of sp³-hybridized carbons (Fsp3) is 0.720. The Morgan fingerprint density at radius 3 is 1.12 bits per heavy atom. The monoisotopic (exact) mass is 777 g/mol. The van der Waals surface area contributed by atoms with E-state index in [0.717, 1.165) is 12.8 Å². The normalized spacial score (nSPS) is 12.0. The molecule has 2 rings (SSSR count). The second-order valence-electron chi connectivity index (χ2n) is 16.9. The van der Waals surface area contributed by atoms with Crippen LogP contribution in [0, 0.1) is 0 Å². The maximum atomic E-state index is 10.6. The van der Waals surface area contributed by atoms with Crippen molar-refractivity contribution in [2.24, 2.45) is 9.98 Å². The molecule has 0 bridgehead atoms. The summed E-state index contributed by atoms with van der Waals surface area (Å²) in [5.74, 6) is 1.68. The minimum absolute atomic E-state index is 0.156. The molecule has 0 aliphatic rings. The van der Waals surface area contributed by atoms with Crippen molar-refractivity contribution < 1.29 is 19.7 Å². The molecule has 0 radical (unpaired) electrons. The summed E-state index contributed by atoms with van der Waals surface area (Å²) in [7, 11) is 0. The lowest BCUT2D eigenvalue weighted by molar-refractivity contribution is 0.302. The van der Waals surface area contributed by atoms with E-state index in [0.29, 0.717) is 42.4 Å². The van der Waals surface area contributed by atoms with Crippen LogP contribution in [0.25, 0.3) is 0 Å². The first-order valence-electron chi connectivity index (χ1n) is 23.3. The molecule has 6 heteroatoms. The lowest BCUT2D eigenvalue weighted by Gasteiger charge is -2.16. The van der Waals surface area contributed by atoms with Crippen molar-refractivity contribution in [3.63, 3.8) is 0 Å². The zero-order chi connectivity index (χ0) is 40.4. The molecule has 0 aliphatic carbocycles. The Morgan fingerprint density at radius 1 is 0.464 bits per heavy atom. The van der Waals surface area contributed by atoms with Crippen molar-refractivity contribution in [2.45, 2.75) is 213 Å². The second kappa shape index (κ2) is 33.0. The number of aliphatic imine (C=N–C) groups is 2. The zero-order valence-electron chi connectivity index (χ0n) is 36.6. The highest BCUT2D eigenvalue weighted by atomic mass is 16.5. The summed E-state index contributed by atoms with van der Waals surface area (Å²) in [6, 6.07) is 10.8. The Kier molecular flexibility index (Phi) is 29.0. The van der Waals surface area contributed by atoms with Gasteiger partial charge in [-0.1, -0.05) is 181 Å². The van der Waals surface area contributed by atoms with Crippen molar-refractivity contribution in [3.8, 4) is 23.0 Å². The van der Waals surface area contributed by atoms with Crippen molar-refractivity contribution >= 4 is 12.4 Å². The molecule has 0 aliphatic heterocycles. The van der Waals surface area contributed by atoms with E-state index in [9.17, 15) is 10.2 Å². The van der Waals surface area contributed by atoms with Crippen LogP contribution in [0.4, 0.5) is 0 Å². The molecule has 0 spiro atoms. The van der Waals surface area contributed by atoms with Crippen LogP contribution in [0.1, 0.15) is 219 Å². The summed E-state index contributed by atoms with van der Waals surface area (Å²) < 4.78 is 11.8. The SMILES string of the molecule is CCCCCCCCCCCCCCCCOc1ccc(C=NCC(C)(C)N=Cc2ccc(OCCCCCCCCCCCCCCCC)cc2O)c(O)c1. The summed E-state index contributed by atoms with van der Waals surface area (Å²) in [4.78, 5) is 9.26. The molecule has 56 heavy (non-hydrogen) atoms. The number of rotatable bonds is 37. The fourth-order valence-electron chi connectivity index (χ4n) is 7.07. The van der Waals surface area contributed by atoms with Crippen LogP contribution in [0.15, 0.2) is 46.4 Å². The molecule has 0 aromatic heterocycles. The number of aromatic hydroxyl groups is 2. The third kappa shape index (κ3) is 26.0. The van der Waals surface area contributed by atoms with Crippen molar-refractivity contribution in [2.75, 3.05) is 19.8 Å². The van der Waals surface area contributed by atoms with E-state index in [-0.39, 0.29) is 11.5 Å². The van der Waals surface area contributed by atoms with Gasteiger partial charge in [0, 0.05) is 35.7 Å². The molecule has 318 valence electrons. The summed E-state index contributed by atoms with van der Waals surface area (Å²) in [5, 5.41) is 21.2. The van der Waals surface area contributed by atoms with Crippen LogP contribution in [0.5, 0.6) is 23.0 Å². The molecular formula is C50H84N2O4. The van der Waals surface area contributed by atoms with E-state index in [1.807, 2.05) is 38.1 Å². The molecule has 0 saturated heterocycles. The van der Waals surface area contributed by atoms with Gasteiger partial charge in [-0.05, 0) is 51.0 Å². The maximum Gasteiger partial charge on any atom is 0.128 e. The van der Waals surface area contributed by atoms with Gasteiger partial charge < -0.3 is 19.7 Å². The van der Waals surface area contributed by atoms with Gasteiger partial charge in [0.2, 0.25) is 0 Å². The summed E-state index contributed by atoms with van der Waals surface area (Å²) >= 11 is 0. The average Bonchev–Trinajstić information content (AvgIpc) is 3.18. The zero-order valence-corrected chi connectivity index (χ0v) is 36.6. The predicted octanol–water partition coefficient (Wildman–Crippen LogP) is 15.1. The van der Waals surface area contributed by atoms with Crippen LogP contribution < -0.4 is 9.47 Å². The van der Waals surface area contributed by atoms with Gasteiger partial charge in [-0.2, -0.15) is 0 Å². The molecule has 0 saturated carbocycles. The molecule has 0 amide bonds. The number of hydrogen-bond acceptors (Lipinski definition) is 6. The minimum atomic E-state index is -0.488. The second-order valence-corrected chi connectivity index (χ2v) is 16.9. The predicted molar refractivity (Wildman–Crippen MR) is 242 cm³/mol. The fourth-order valence-corrected chi connectivity index (χ4v) is 7.07. The number of benzene rings is 2. The summed E-state index contributed by atoms with van der Waals surface area (Å²) in [6.45, 7) is 10.3. The van der Waals surface area contributed by atoms with Crippen LogP contribution in [0.2, 0.25) is 0 Å². The Hall–Kier alpha value is -3.02. The molecule has 0 fully saturated rings. The highest BCUT2D eigenvalue weighted by molar-refractivity contribution is 5.85. The smallest absolute Gasteiger partial charge is 0.128 e. The van der Waals surface area contributed by atoms with Gasteiger partial charge in [-0.3, -0.25) is 9.98 Å². The molecule has 0 heterocycles. The van der Waals surface area contributed by atoms with Crippen LogP contribution >= 0.6 is 0 Å². The highest BCUT2D eigenvalue weighted by Gasteiger charge is 2.15. The van der Waals surface area contributed by atoms with Gasteiger partial charge in [0.25, 0.3) is 0 Å². The van der Waals surface area contributed by atoms with E-state index in [2.05, 4.69) is 18.8 Å².